The highest BCUT2D eigenvalue weighted by Gasteiger charge is 2.43. The predicted octanol–water partition coefficient (Wildman–Crippen LogP) is 2.94. The van der Waals surface area contributed by atoms with Gasteiger partial charge in [0.05, 0.1) is 25.2 Å². The number of carbonyl (C=O) groups is 2. The minimum Gasteiger partial charge on any atom is -0.466 e. The molecule has 0 amide bonds. The summed E-state index contributed by atoms with van der Waals surface area (Å²) < 4.78 is 10.5. The first kappa shape index (κ1) is 15.8. The largest absolute Gasteiger partial charge is 0.466 e. The zero-order chi connectivity index (χ0) is 14.4. The minimum absolute atomic E-state index is 0.108. The maximum Gasteiger partial charge on any atom is 0.306 e. The summed E-state index contributed by atoms with van der Waals surface area (Å²) in [6.45, 7) is 2.52. The molecule has 1 saturated heterocycles. The van der Waals surface area contributed by atoms with Crippen LogP contribution in [0.25, 0.3) is 0 Å². The van der Waals surface area contributed by atoms with Crippen LogP contribution in [-0.2, 0) is 19.1 Å². The van der Waals surface area contributed by atoms with Gasteiger partial charge in [0.25, 0.3) is 0 Å². The van der Waals surface area contributed by atoms with Gasteiger partial charge >= 0.3 is 5.97 Å². The Kier molecular flexibility index (Phi) is 6.36. The van der Waals surface area contributed by atoms with Crippen molar-refractivity contribution in [3.8, 4) is 0 Å². The molecule has 5 heteroatoms. The fourth-order valence-corrected chi connectivity index (χ4v) is 3.50. The number of hydrogen-bond acceptors (Lipinski definition) is 5. The van der Waals surface area contributed by atoms with E-state index in [1.165, 1.54) is 18.2 Å². The van der Waals surface area contributed by atoms with Gasteiger partial charge in [-0.3, -0.25) is 9.59 Å². The first-order valence-electron chi connectivity index (χ1n) is 7.65. The Morgan fingerprint density at radius 1 is 1.25 bits per heavy atom. The van der Waals surface area contributed by atoms with Crippen LogP contribution < -0.4 is 0 Å². The van der Waals surface area contributed by atoms with E-state index in [0.29, 0.717) is 31.2 Å². The Morgan fingerprint density at radius 3 is 2.85 bits per heavy atom. The second-order valence-corrected chi connectivity index (χ2v) is 6.73. The molecule has 1 heterocycles. The highest BCUT2D eigenvalue weighted by Crippen LogP contribution is 2.40. The molecule has 4 nitrogen and oxygen atoms in total. The molecule has 2 fully saturated rings. The van der Waals surface area contributed by atoms with Crippen LogP contribution in [0.4, 0.5) is 0 Å². The molecule has 1 aliphatic heterocycles. The van der Waals surface area contributed by atoms with Crippen LogP contribution in [0.1, 0.15) is 51.9 Å². The lowest BCUT2D eigenvalue weighted by atomic mass is 9.91. The first-order valence-corrected chi connectivity index (χ1v) is 8.64. The normalized spacial score (nSPS) is 27.8. The predicted molar refractivity (Wildman–Crippen MR) is 78.6 cm³/mol. The SMILES string of the molecule is CCCCOC(=O)CCC(=O)SCC1CCC2OC2C1. The summed E-state index contributed by atoms with van der Waals surface area (Å²) in [6, 6.07) is 0. The van der Waals surface area contributed by atoms with E-state index in [2.05, 4.69) is 0 Å². The highest BCUT2D eigenvalue weighted by atomic mass is 32.2. The third kappa shape index (κ3) is 5.44. The van der Waals surface area contributed by atoms with Crippen LogP contribution in [0.5, 0.6) is 0 Å². The Hall–Kier alpha value is -0.550. The number of unbranched alkanes of at least 4 members (excludes halogenated alkanes) is 1. The van der Waals surface area contributed by atoms with Crippen LogP contribution in [-0.4, -0.2) is 35.7 Å². The van der Waals surface area contributed by atoms with Crippen molar-refractivity contribution < 1.29 is 19.1 Å². The average Bonchev–Trinajstić information content (AvgIpc) is 3.21. The quantitative estimate of drug-likeness (QED) is 0.392. The van der Waals surface area contributed by atoms with Crippen LogP contribution in [0.15, 0.2) is 0 Å². The van der Waals surface area contributed by atoms with Gasteiger partial charge < -0.3 is 9.47 Å². The van der Waals surface area contributed by atoms with Gasteiger partial charge in [-0.2, -0.15) is 0 Å². The maximum absolute atomic E-state index is 11.7. The number of epoxide rings is 1. The zero-order valence-corrected chi connectivity index (χ0v) is 13.0. The summed E-state index contributed by atoms with van der Waals surface area (Å²) >= 11 is 1.37. The van der Waals surface area contributed by atoms with Gasteiger partial charge in [-0.1, -0.05) is 25.1 Å². The molecule has 2 aliphatic rings. The van der Waals surface area contributed by atoms with Crippen molar-refractivity contribution in [2.75, 3.05) is 12.4 Å². The lowest BCUT2D eigenvalue weighted by Gasteiger charge is -2.17. The number of thioether (sulfide) groups is 1. The summed E-state index contributed by atoms with van der Waals surface area (Å²) in [5, 5.41) is 0.108. The van der Waals surface area contributed by atoms with Crippen LogP contribution in [0.3, 0.4) is 0 Å². The molecule has 0 aromatic carbocycles. The number of ether oxygens (including phenoxy) is 2. The molecule has 3 unspecified atom stereocenters. The van der Waals surface area contributed by atoms with Crippen LogP contribution >= 0.6 is 11.8 Å². The molecule has 20 heavy (non-hydrogen) atoms. The van der Waals surface area contributed by atoms with Crippen molar-refractivity contribution in [2.24, 2.45) is 5.92 Å². The summed E-state index contributed by atoms with van der Waals surface area (Å²) in [5.41, 5.74) is 0. The standard InChI is InChI=1S/C15H24O4S/c1-2-3-8-18-14(16)6-7-15(17)20-10-11-4-5-12-13(9-11)19-12/h11-13H,2-10H2,1H3. The van der Waals surface area contributed by atoms with E-state index in [4.69, 9.17) is 9.47 Å². The summed E-state index contributed by atoms with van der Waals surface area (Å²) in [4.78, 5) is 23.1. The van der Waals surface area contributed by atoms with Gasteiger partial charge in [0, 0.05) is 12.2 Å². The number of fused-ring (bicyclic) bond motifs is 1. The Labute approximate surface area is 125 Å². The number of hydrogen-bond donors (Lipinski definition) is 0. The molecule has 0 bridgehead atoms. The topological polar surface area (TPSA) is 55.9 Å². The van der Waals surface area contributed by atoms with Crippen molar-refractivity contribution in [2.45, 2.75) is 64.1 Å². The Bertz CT molecular complexity index is 345. The monoisotopic (exact) mass is 300 g/mol. The molecule has 0 aromatic heterocycles. The molecular weight excluding hydrogens is 276 g/mol. The van der Waals surface area contributed by atoms with Crippen molar-refractivity contribution in [3.63, 3.8) is 0 Å². The van der Waals surface area contributed by atoms with Crippen LogP contribution in [0.2, 0.25) is 0 Å². The van der Waals surface area contributed by atoms with Crippen molar-refractivity contribution in [1.82, 2.24) is 0 Å². The van der Waals surface area contributed by atoms with E-state index in [9.17, 15) is 9.59 Å². The number of esters is 1. The number of carbonyl (C=O) groups excluding carboxylic acids is 2. The van der Waals surface area contributed by atoms with Gasteiger partial charge in [0.2, 0.25) is 0 Å². The minimum atomic E-state index is -0.251. The van der Waals surface area contributed by atoms with Gasteiger partial charge in [-0.05, 0) is 31.6 Å². The summed E-state index contributed by atoms with van der Waals surface area (Å²) in [6.07, 6.45) is 6.81. The van der Waals surface area contributed by atoms with Gasteiger partial charge in [0.1, 0.15) is 0 Å². The van der Waals surface area contributed by atoms with E-state index < -0.39 is 0 Å². The smallest absolute Gasteiger partial charge is 0.306 e. The molecule has 0 spiro atoms. The molecule has 0 radical (unpaired) electrons. The zero-order valence-electron chi connectivity index (χ0n) is 12.1. The van der Waals surface area contributed by atoms with Gasteiger partial charge in [-0.25, -0.2) is 0 Å². The fraction of sp³-hybridized carbons (Fsp3) is 0.867. The third-order valence-electron chi connectivity index (χ3n) is 3.89. The van der Waals surface area contributed by atoms with Crippen LogP contribution in [0, 0.1) is 5.92 Å². The molecule has 1 saturated carbocycles. The fourth-order valence-electron chi connectivity index (χ4n) is 2.53. The first-order chi connectivity index (χ1) is 9.69. The molecule has 2 rings (SSSR count). The molecule has 0 N–H and O–H groups in total. The van der Waals surface area contributed by atoms with Crippen molar-refractivity contribution >= 4 is 22.8 Å². The van der Waals surface area contributed by atoms with Gasteiger partial charge in [0.15, 0.2) is 5.12 Å². The molecule has 114 valence electrons. The Balaban J connectivity index is 1.50. The highest BCUT2D eigenvalue weighted by molar-refractivity contribution is 8.13. The molecular formula is C15H24O4S. The molecule has 3 atom stereocenters. The van der Waals surface area contributed by atoms with E-state index in [-0.39, 0.29) is 17.5 Å². The summed E-state index contributed by atoms with van der Waals surface area (Å²) in [7, 11) is 0. The Morgan fingerprint density at radius 2 is 2.10 bits per heavy atom. The summed E-state index contributed by atoms with van der Waals surface area (Å²) in [5.74, 6) is 1.22. The third-order valence-corrected chi connectivity index (χ3v) is 5.05. The van der Waals surface area contributed by atoms with E-state index in [1.807, 2.05) is 6.92 Å². The van der Waals surface area contributed by atoms with Crippen molar-refractivity contribution in [1.29, 1.82) is 0 Å². The average molecular weight is 300 g/mol. The molecule has 1 aliphatic carbocycles. The maximum atomic E-state index is 11.7. The van der Waals surface area contributed by atoms with E-state index in [0.717, 1.165) is 31.4 Å². The number of rotatable bonds is 8. The second-order valence-electron chi connectivity index (χ2n) is 5.65. The second kappa shape index (κ2) is 8.03. The van der Waals surface area contributed by atoms with E-state index in [1.54, 1.807) is 0 Å². The van der Waals surface area contributed by atoms with Gasteiger partial charge in [-0.15, -0.1) is 0 Å². The lowest BCUT2D eigenvalue weighted by Crippen LogP contribution is -2.16. The van der Waals surface area contributed by atoms with Crippen molar-refractivity contribution in [3.05, 3.63) is 0 Å². The lowest BCUT2D eigenvalue weighted by molar-refractivity contribution is -0.144. The molecule has 0 aromatic rings. The van der Waals surface area contributed by atoms with E-state index >= 15 is 0 Å².